The lowest BCUT2D eigenvalue weighted by Crippen LogP contribution is -2.38. The summed E-state index contributed by atoms with van der Waals surface area (Å²) < 4.78 is 5.10. The summed E-state index contributed by atoms with van der Waals surface area (Å²) in [6.07, 6.45) is 1.26. The molecule has 0 spiro atoms. The SMILES string of the molecule is CCC1CN(c2ccc(C)cc2CNCCOC)CCS1. The molecule has 2 rings (SSSR count). The zero-order valence-electron chi connectivity index (χ0n) is 13.5. The van der Waals surface area contributed by atoms with Gasteiger partial charge in [0.1, 0.15) is 0 Å². The highest BCUT2D eigenvalue weighted by atomic mass is 32.2. The Morgan fingerprint density at radius 1 is 1.43 bits per heavy atom. The van der Waals surface area contributed by atoms with E-state index in [0.717, 1.165) is 31.5 Å². The smallest absolute Gasteiger partial charge is 0.0587 e. The Hall–Kier alpha value is -0.710. The first-order valence-electron chi connectivity index (χ1n) is 7.90. The number of nitrogens with one attached hydrogen (secondary N) is 1. The van der Waals surface area contributed by atoms with Crippen LogP contribution in [0, 0.1) is 6.92 Å². The van der Waals surface area contributed by atoms with Crippen LogP contribution in [0.4, 0.5) is 5.69 Å². The van der Waals surface area contributed by atoms with E-state index in [9.17, 15) is 0 Å². The minimum atomic E-state index is 0.763. The first-order valence-corrected chi connectivity index (χ1v) is 8.95. The van der Waals surface area contributed by atoms with Crippen molar-refractivity contribution in [1.82, 2.24) is 5.32 Å². The van der Waals surface area contributed by atoms with Crippen LogP contribution in [0.1, 0.15) is 24.5 Å². The van der Waals surface area contributed by atoms with Crippen LogP contribution in [0.15, 0.2) is 18.2 Å². The summed E-state index contributed by atoms with van der Waals surface area (Å²) in [7, 11) is 1.75. The molecule has 21 heavy (non-hydrogen) atoms. The average molecular weight is 308 g/mol. The standard InChI is InChI=1S/C17H28N2OS/c1-4-16-13-19(8-10-21-16)17-6-5-14(2)11-15(17)12-18-7-9-20-3/h5-6,11,16,18H,4,7-10,12-13H2,1-3H3. The number of rotatable bonds is 7. The zero-order chi connectivity index (χ0) is 15.1. The zero-order valence-corrected chi connectivity index (χ0v) is 14.3. The fourth-order valence-corrected chi connectivity index (χ4v) is 3.93. The van der Waals surface area contributed by atoms with Crippen molar-refractivity contribution in [2.75, 3.05) is 44.0 Å². The highest BCUT2D eigenvalue weighted by Gasteiger charge is 2.20. The van der Waals surface area contributed by atoms with E-state index in [-0.39, 0.29) is 0 Å². The van der Waals surface area contributed by atoms with Crippen LogP contribution in [0.5, 0.6) is 0 Å². The molecular weight excluding hydrogens is 280 g/mol. The number of nitrogens with zero attached hydrogens (tertiary/aromatic N) is 1. The van der Waals surface area contributed by atoms with E-state index < -0.39 is 0 Å². The molecule has 1 aliphatic heterocycles. The molecule has 0 bridgehead atoms. The van der Waals surface area contributed by atoms with Crippen molar-refractivity contribution >= 4 is 17.4 Å². The minimum absolute atomic E-state index is 0.763. The second-order valence-electron chi connectivity index (χ2n) is 5.65. The van der Waals surface area contributed by atoms with Crippen LogP contribution in [-0.4, -0.2) is 44.4 Å². The lowest BCUT2D eigenvalue weighted by molar-refractivity contribution is 0.199. The Bertz CT molecular complexity index is 439. The van der Waals surface area contributed by atoms with Crippen molar-refractivity contribution in [3.8, 4) is 0 Å². The van der Waals surface area contributed by atoms with E-state index in [1.807, 2.05) is 0 Å². The fraction of sp³-hybridized carbons (Fsp3) is 0.647. The number of aryl methyl sites for hydroxylation is 1. The second-order valence-corrected chi connectivity index (χ2v) is 7.06. The van der Waals surface area contributed by atoms with Gasteiger partial charge in [-0.05, 0) is 25.0 Å². The minimum Gasteiger partial charge on any atom is -0.383 e. The van der Waals surface area contributed by atoms with Crippen molar-refractivity contribution in [1.29, 1.82) is 0 Å². The highest BCUT2D eigenvalue weighted by Crippen LogP contribution is 2.28. The van der Waals surface area contributed by atoms with Gasteiger partial charge in [0.15, 0.2) is 0 Å². The predicted molar refractivity (Wildman–Crippen MR) is 93.5 cm³/mol. The molecule has 0 saturated carbocycles. The Kier molecular flexibility index (Phi) is 6.87. The number of anilines is 1. The van der Waals surface area contributed by atoms with Crippen molar-refractivity contribution in [3.63, 3.8) is 0 Å². The molecule has 3 nitrogen and oxygen atoms in total. The molecule has 1 fully saturated rings. The summed E-state index contributed by atoms with van der Waals surface area (Å²) >= 11 is 2.12. The molecule has 1 N–H and O–H groups in total. The third kappa shape index (κ3) is 4.90. The monoisotopic (exact) mass is 308 g/mol. The van der Waals surface area contributed by atoms with Crippen LogP contribution >= 0.6 is 11.8 Å². The van der Waals surface area contributed by atoms with Gasteiger partial charge < -0.3 is 15.0 Å². The van der Waals surface area contributed by atoms with Gasteiger partial charge in [0, 0.05) is 50.0 Å². The molecule has 1 aromatic rings. The van der Waals surface area contributed by atoms with Crippen molar-refractivity contribution in [3.05, 3.63) is 29.3 Å². The average Bonchev–Trinajstić information content (AvgIpc) is 2.52. The molecule has 1 aromatic carbocycles. The molecule has 118 valence electrons. The Balaban J connectivity index is 2.06. The first-order chi connectivity index (χ1) is 10.2. The van der Waals surface area contributed by atoms with E-state index in [2.05, 4.69) is 54.0 Å². The summed E-state index contributed by atoms with van der Waals surface area (Å²) in [5, 5.41) is 4.25. The van der Waals surface area contributed by atoms with Gasteiger partial charge in [-0.3, -0.25) is 0 Å². The maximum atomic E-state index is 5.10. The van der Waals surface area contributed by atoms with Gasteiger partial charge >= 0.3 is 0 Å². The normalized spacial score (nSPS) is 19.0. The third-order valence-corrected chi connectivity index (χ3v) is 5.34. The quantitative estimate of drug-likeness (QED) is 0.783. The highest BCUT2D eigenvalue weighted by molar-refractivity contribution is 8.00. The number of methoxy groups -OCH3 is 1. The number of hydrogen-bond acceptors (Lipinski definition) is 4. The molecule has 0 aliphatic carbocycles. The van der Waals surface area contributed by atoms with Crippen LogP contribution in [0.25, 0.3) is 0 Å². The van der Waals surface area contributed by atoms with Crippen LogP contribution in [0.2, 0.25) is 0 Å². The van der Waals surface area contributed by atoms with Crippen molar-refractivity contribution < 1.29 is 4.74 Å². The maximum absolute atomic E-state index is 5.10. The molecule has 1 unspecified atom stereocenters. The molecule has 0 radical (unpaired) electrons. The first kappa shape index (κ1) is 16.7. The largest absolute Gasteiger partial charge is 0.383 e. The third-order valence-electron chi connectivity index (χ3n) is 3.97. The van der Waals surface area contributed by atoms with Crippen LogP contribution in [-0.2, 0) is 11.3 Å². The van der Waals surface area contributed by atoms with Crippen molar-refractivity contribution in [2.45, 2.75) is 32.1 Å². The lowest BCUT2D eigenvalue weighted by atomic mass is 10.1. The van der Waals surface area contributed by atoms with Crippen LogP contribution < -0.4 is 10.2 Å². The number of thioether (sulfide) groups is 1. The van der Waals surface area contributed by atoms with E-state index in [1.165, 1.54) is 35.5 Å². The molecule has 1 aliphatic rings. The molecular formula is C17H28N2OS. The van der Waals surface area contributed by atoms with E-state index >= 15 is 0 Å². The second kappa shape index (κ2) is 8.66. The van der Waals surface area contributed by atoms with Gasteiger partial charge in [0.05, 0.1) is 6.61 Å². The molecule has 1 saturated heterocycles. The van der Waals surface area contributed by atoms with Gasteiger partial charge in [-0.15, -0.1) is 0 Å². The van der Waals surface area contributed by atoms with Gasteiger partial charge in [0.2, 0.25) is 0 Å². The number of hydrogen-bond donors (Lipinski definition) is 1. The predicted octanol–water partition coefficient (Wildman–Crippen LogP) is 3.06. The Morgan fingerprint density at radius 3 is 3.05 bits per heavy atom. The topological polar surface area (TPSA) is 24.5 Å². The summed E-state index contributed by atoms with van der Waals surface area (Å²) in [5.41, 5.74) is 4.15. The summed E-state index contributed by atoms with van der Waals surface area (Å²) in [5.74, 6) is 1.24. The number of ether oxygens (including phenoxy) is 1. The fourth-order valence-electron chi connectivity index (χ4n) is 2.75. The van der Waals surface area contributed by atoms with Gasteiger partial charge in [0.25, 0.3) is 0 Å². The Morgan fingerprint density at radius 2 is 2.29 bits per heavy atom. The van der Waals surface area contributed by atoms with E-state index in [1.54, 1.807) is 7.11 Å². The van der Waals surface area contributed by atoms with Gasteiger partial charge in [-0.1, -0.05) is 24.6 Å². The summed E-state index contributed by atoms with van der Waals surface area (Å²) in [4.78, 5) is 2.57. The molecule has 1 heterocycles. The van der Waals surface area contributed by atoms with E-state index in [0.29, 0.717) is 0 Å². The lowest BCUT2D eigenvalue weighted by Gasteiger charge is -2.35. The molecule has 1 atom stereocenters. The van der Waals surface area contributed by atoms with Crippen molar-refractivity contribution in [2.24, 2.45) is 0 Å². The molecule has 0 aromatic heterocycles. The van der Waals surface area contributed by atoms with E-state index in [4.69, 9.17) is 4.74 Å². The molecule has 0 amide bonds. The number of benzene rings is 1. The maximum Gasteiger partial charge on any atom is 0.0587 e. The Labute approximate surface area is 133 Å². The summed E-state index contributed by atoms with van der Waals surface area (Å²) in [6.45, 7) is 9.38. The van der Waals surface area contributed by atoms with Gasteiger partial charge in [-0.25, -0.2) is 0 Å². The summed E-state index contributed by atoms with van der Waals surface area (Å²) in [6, 6.07) is 6.85. The van der Waals surface area contributed by atoms with Crippen LogP contribution in [0.3, 0.4) is 0 Å². The molecule has 4 heteroatoms. The van der Waals surface area contributed by atoms with Gasteiger partial charge in [-0.2, -0.15) is 11.8 Å².